The van der Waals surface area contributed by atoms with Crippen LogP contribution in [0.15, 0.2) is 16.8 Å². The lowest BCUT2D eigenvalue weighted by Gasteiger charge is -2.26. The van der Waals surface area contributed by atoms with Crippen molar-refractivity contribution in [2.45, 2.75) is 45.3 Å². The Morgan fingerprint density at radius 3 is 2.94 bits per heavy atom. The fourth-order valence-corrected chi connectivity index (χ4v) is 2.94. The molecule has 18 heavy (non-hydrogen) atoms. The van der Waals surface area contributed by atoms with Crippen molar-refractivity contribution in [2.75, 3.05) is 13.2 Å². The Morgan fingerprint density at radius 1 is 1.56 bits per heavy atom. The van der Waals surface area contributed by atoms with E-state index in [2.05, 4.69) is 16.8 Å². The quantitative estimate of drug-likeness (QED) is 0.841. The largest absolute Gasteiger partial charge is 0.366 e. The van der Waals surface area contributed by atoms with Crippen LogP contribution >= 0.6 is 11.3 Å². The van der Waals surface area contributed by atoms with Gasteiger partial charge in [-0.2, -0.15) is 11.3 Å². The van der Waals surface area contributed by atoms with Gasteiger partial charge in [-0.05, 0) is 56.0 Å². The lowest BCUT2D eigenvalue weighted by Crippen LogP contribution is -2.36. The van der Waals surface area contributed by atoms with Gasteiger partial charge in [-0.3, -0.25) is 4.79 Å². The van der Waals surface area contributed by atoms with Crippen molar-refractivity contribution in [1.29, 1.82) is 0 Å². The number of nitrogens with zero attached hydrogens (tertiary/aromatic N) is 1. The third-order valence-electron chi connectivity index (χ3n) is 3.13. The summed E-state index contributed by atoms with van der Waals surface area (Å²) in [6.45, 7) is 6.96. The standard InChI is InChI=1S/C14H21NO2S/c1-14(2,3)17-9-13(16)15-7-4-5-12(15)11-6-8-18-10-11/h6,8,10,12H,4-5,7,9H2,1-3H3. The number of hydrogen-bond acceptors (Lipinski definition) is 3. The molecule has 0 aromatic carbocycles. The van der Waals surface area contributed by atoms with Crippen LogP contribution in [0.25, 0.3) is 0 Å². The van der Waals surface area contributed by atoms with E-state index < -0.39 is 0 Å². The van der Waals surface area contributed by atoms with Crippen molar-refractivity contribution in [3.05, 3.63) is 22.4 Å². The summed E-state index contributed by atoms with van der Waals surface area (Å²) < 4.78 is 5.58. The second kappa shape index (κ2) is 5.41. The molecule has 0 radical (unpaired) electrons. The average molecular weight is 267 g/mol. The van der Waals surface area contributed by atoms with E-state index in [9.17, 15) is 4.79 Å². The van der Waals surface area contributed by atoms with E-state index in [0.717, 1.165) is 19.4 Å². The van der Waals surface area contributed by atoms with E-state index in [1.807, 2.05) is 25.7 Å². The van der Waals surface area contributed by atoms with Crippen LogP contribution in [0, 0.1) is 0 Å². The Labute approximate surface area is 113 Å². The van der Waals surface area contributed by atoms with E-state index >= 15 is 0 Å². The van der Waals surface area contributed by atoms with E-state index in [4.69, 9.17) is 4.74 Å². The smallest absolute Gasteiger partial charge is 0.249 e. The Hall–Kier alpha value is -0.870. The zero-order valence-corrected chi connectivity index (χ0v) is 12.1. The summed E-state index contributed by atoms with van der Waals surface area (Å²) in [6.07, 6.45) is 2.15. The van der Waals surface area contributed by atoms with Crippen molar-refractivity contribution >= 4 is 17.2 Å². The Kier molecular flexibility index (Phi) is 4.07. The molecule has 1 aliphatic heterocycles. The maximum Gasteiger partial charge on any atom is 0.249 e. The zero-order chi connectivity index (χ0) is 13.2. The number of hydrogen-bond donors (Lipinski definition) is 0. The molecule has 2 heterocycles. The third kappa shape index (κ3) is 3.33. The average Bonchev–Trinajstić information content (AvgIpc) is 2.94. The highest BCUT2D eigenvalue weighted by atomic mass is 32.1. The molecule has 1 amide bonds. The molecular formula is C14H21NO2S. The molecule has 0 N–H and O–H groups in total. The lowest BCUT2D eigenvalue weighted by atomic mass is 10.1. The molecule has 1 atom stereocenters. The van der Waals surface area contributed by atoms with Gasteiger partial charge in [-0.15, -0.1) is 0 Å². The number of carbonyl (C=O) groups excluding carboxylic acids is 1. The first-order chi connectivity index (χ1) is 8.47. The molecule has 1 aliphatic rings. The summed E-state index contributed by atoms with van der Waals surface area (Å²) in [5.74, 6) is 0.110. The first kappa shape index (κ1) is 13.6. The highest BCUT2D eigenvalue weighted by molar-refractivity contribution is 7.07. The topological polar surface area (TPSA) is 29.5 Å². The molecule has 1 aromatic rings. The molecule has 1 fully saturated rings. The highest BCUT2D eigenvalue weighted by Crippen LogP contribution is 2.33. The molecule has 0 saturated carbocycles. The minimum atomic E-state index is -0.257. The van der Waals surface area contributed by atoms with Gasteiger partial charge in [0.2, 0.25) is 5.91 Å². The highest BCUT2D eigenvalue weighted by Gasteiger charge is 2.30. The number of carbonyl (C=O) groups is 1. The third-order valence-corrected chi connectivity index (χ3v) is 3.83. The fraction of sp³-hybridized carbons (Fsp3) is 0.643. The van der Waals surface area contributed by atoms with Crippen molar-refractivity contribution in [3.63, 3.8) is 0 Å². The maximum absolute atomic E-state index is 12.2. The molecule has 0 bridgehead atoms. The SMILES string of the molecule is CC(C)(C)OCC(=O)N1CCCC1c1ccsc1. The van der Waals surface area contributed by atoms with Crippen molar-refractivity contribution in [2.24, 2.45) is 0 Å². The first-order valence-electron chi connectivity index (χ1n) is 6.43. The Balaban J connectivity index is 1.97. The Morgan fingerprint density at radius 2 is 2.33 bits per heavy atom. The van der Waals surface area contributed by atoms with Gasteiger partial charge < -0.3 is 9.64 Å². The maximum atomic E-state index is 12.2. The molecule has 4 heteroatoms. The molecule has 1 unspecified atom stereocenters. The molecule has 0 spiro atoms. The van der Waals surface area contributed by atoms with Gasteiger partial charge in [0, 0.05) is 6.54 Å². The van der Waals surface area contributed by atoms with Crippen molar-refractivity contribution in [3.8, 4) is 0 Å². The minimum Gasteiger partial charge on any atom is -0.366 e. The van der Waals surface area contributed by atoms with Gasteiger partial charge in [0.05, 0.1) is 11.6 Å². The van der Waals surface area contributed by atoms with E-state index in [-0.39, 0.29) is 24.2 Å². The molecule has 3 nitrogen and oxygen atoms in total. The zero-order valence-electron chi connectivity index (χ0n) is 11.3. The van der Waals surface area contributed by atoms with Crippen LogP contribution in [0.3, 0.4) is 0 Å². The molecule has 100 valence electrons. The summed E-state index contributed by atoms with van der Waals surface area (Å²) in [5.41, 5.74) is 1.01. The van der Waals surface area contributed by atoms with Crippen LogP contribution in [-0.2, 0) is 9.53 Å². The number of thiophene rings is 1. The molecule has 1 saturated heterocycles. The number of likely N-dealkylation sites (tertiary alicyclic amines) is 1. The molecule has 2 rings (SSSR count). The van der Waals surface area contributed by atoms with Gasteiger partial charge in [0.15, 0.2) is 0 Å². The second-order valence-corrected chi connectivity index (χ2v) is 6.48. The van der Waals surface area contributed by atoms with Crippen LogP contribution in [-0.4, -0.2) is 29.6 Å². The monoisotopic (exact) mass is 267 g/mol. The summed E-state index contributed by atoms with van der Waals surface area (Å²) in [4.78, 5) is 14.2. The predicted octanol–water partition coefficient (Wildman–Crippen LogP) is 3.23. The molecule has 1 aromatic heterocycles. The summed E-state index contributed by atoms with van der Waals surface area (Å²) in [5, 5.41) is 4.21. The Bertz CT molecular complexity index is 394. The van der Waals surface area contributed by atoms with Gasteiger partial charge in [0.25, 0.3) is 0 Å². The van der Waals surface area contributed by atoms with Crippen molar-refractivity contribution < 1.29 is 9.53 Å². The van der Waals surface area contributed by atoms with Crippen LogP contribution in [0.5, 0.6) is 0 Å². The van der Waals surface area contributed by atoms with Crippen molar-refractivity contribution in [1.82, 2.24) is 4.90 Å². The summed E-state index contributed by atoms with van der Waals surface area (Å²) in [7, 11) is 0. The van der Waals surface area contributed by atoms with E-state index in [0.29, 0.717) is 0 Å². The van der Waals surface area contributed by atoms with Crippen LogP contribution in [0.4, 0.5) is 0 Å². The predicted molar refractivity (Wildman–Crippen MR) is 73.7 cm³/mol. The van der Waals surface area contributed by atoms with E-state index in [1.54, 1.807) is 11.3 Å². The number of amides is 1. The lowest BCUT2D eigenvalue weighted by molar-refractivity contribution is -0.142. The summed E-state index contributed by atoms with van der Waals surface area (Å²) in [6, 6.07) is 2.37. The van der Waals surface area contributed by atoms with E-state index in [1.165, 1.54) is 5.56 Å². The van der Waals surface area contributed by atoms with Crippen LogP contribution < -0.4 is 0 Å². The number of rotatable bonds is 3. The normalized spacial score (nSPS) is 20.4. The van der Waals surface area contributed by atoms with Crippen LogP contribution in [0.2, 0.25) is 0 Å². The summed E-state index contributed by atoms with van der Waals surface area (Å²) >= 11 is 1.69. The second-order valence-electron chi connectivity index (χ2n) is 5.70. The minimum absolute atomic E-state index is 0.110. The van der Waals surface area contributed by atoms with Gasteiger partial charge in [-0.1, -0.05) is 0 Å². The molecule has 0 aliphatic carbocycles. The van der Waals surface area contributed by atoms with Crippen LogP contribution in [0.1, 0.15) is 45.2 Å². The fourth-order valence-electron chi connectivity index (χ4n) is 2.24. The molecular weight excluding hydrogens is 246 g/mol. The van der Waals surface area contributed by atoms with Gasteiger partial charge in [-0.25, -0.2) is 0 Å². The number of ether oxygens (including phenoxy) is 1. The first-order valence-corrected chi connectivity index (χ1v) is 7.37. The van der Waals surface area contributed by atoms with Gasteiger partial charge in [0.1, 0.15) is 6.61 Å². The van der Waals surface area contributed by atoms with Gasteiger partial charge >= 0.3 is 0 Å².